The molecular weight excluding hydrogens is 791 g/mol. The fourth-order valence-corrected chi connectivity index (χ4v) is 8.41. The molecule has 17 nitrogen and oxygen atoms in total. The molecule has 6 N–H and O–H groups in total. The van der Waals surface area contributed by atoms with Gasteiger partial charge in [0.25, 0.3) is 11.8 Å². The zero-order valence-corrected chi connectivity index (χ0v) is 36.7. The molecule has 2 amide bonds. The van der Waals surface area contributed by atoms with E-state index in [2.05, 4.69) is 19.6 Å². The van der Waals surface area contributed by atoms with Crippen LogP contribution >= 0.6 is 0 Å². The number of hydrogen-bond acceptors (Lipinski definition) is 14. The van der Waals surface area contributed by atoms with Crippen LogP contribution in [0.2, 0.25) is 0 Å². The van der Waals surface area contributed by atoms with Crippen molar-refractivity contribution in [3.8, 4) is 0 Å². The van der Waals surface area contributed by atoms with Crippen LogP contribution in [0.1, 0.15) is 116 Å². The van der Waals surface area contributed by atoms with Gasteiger partial charge in [-0.05, 0) is 64.7 Å². The second-order valence-electron chi connectivity index (χ2n) is 17.1. The number of hydrogen-bond donors (Lipinski definition) is 6. The zero-order chi connectivity index (χ0) is 44.2. The number of unbranched alkanes of at least 4 members (excludes halogenated alkanes) is 14. The van der Waals surface area contributed by atoms with Gasteiger partial charge in [0.2, 0.25) is 0 Å². The van der Waals surface area contributed by atoms with E-state index in [0.29, 0.717) is 39.3 Å². The molecule has 3 rings (SSSR count). The SMILES string of the molecule is O=C(O)CN1CCCN(CCCCCCCCCCN2C(=O)C=CC2=O)CCN(CC(=O)O)CCCN(CCCCCCCCCCO[C@@H]2OC(CO)[C@@H](O)C(O)C2O)CC1. The van der Waals surface area contributed by atoms with E-state index < -0.39 is 49.3 Å². The van der Waals surface area contributed by atoms with Gasteiger partial charge in [-0.15, -0.1) is 0 Å². The average molecular weight is 870 g/mol. The molecule has 0 spiro atoms. The highest BCUT2D eigenvalue weighted by Gasteiger charge is 2.44. The first-order valence-corrected chi connectivity index (χ1v) is 23.3. The van der Waals surface area contributed by atoms with Crippen molar-refractivity contribution >= 4 is 23.8 Å². The van der Waals surface area contributed by atoms with Crippen LogP contribution in [0, 0.1) is 0 Å². The molecule has 3 heterocycles. The van der Waals surface area contributed by atoms with Crippen molar-refractivity contribution in [2.24, 2.45) is 0 Å². The number of carboxylic acid groups (broad SMARTS) is 2. The van der Waals surface area contributed by atoms with E-state index in [-0.39, 0.29) is 24.9 Å². The van der Waals surface area contributed by atoms with Crippen molar-refractivity contribution in [1.29, 1.82) is 0 Å². The number of carbonyl (C=O) groups is 4. The number of aliphatic hydroxyl groups is 4. The summed E-state index contributed by atoms with van der Waals surface area (Å²) in [4.78, 5) is 57.2. The first kappa shape index (κ1) is 52.8. The molecule has 0 bridgehead atoms. The first-order chi connectivity index (χ1) is 29.5. The Hall–Kier alpha value is -2.58. The third-order valence-electron chi connectivity index (χ3n) is 12.1. The third-order valence-corrected chi connectivity index (χ3v) is 12.1. The second-order valence-corrected chi connectivity index (χ2v) is 17.1. The minimum Gasteiger partial charge on any atom is -0.480 e. The monoisotopic (exact) mass is 870 g/mol. The number of nitrogens with zero attached hydrogens (tertiary/aromatic N) is 5. The van der Waals surface area contributed by atoms with Gasteiger partial charge in [0, 0.05) is 64.6 Å². The van der Waals surface area contributed by atoms with E-state index >= 15 is 0 Å². The van der Waals surface area contributed by atoms with Crippen LogP contribution in [-0.4, -0.2) is 208 Å². The van der Waals surface area contributed by atoms with Gasteiger partial charge >= 0.3 is 11.9 Å². The van der Waals surface area contributed by atoms with Gasteiger partial charge in [0.15, 0.2) is 6.29 Å². The maximum absolute atomic E-state index is 11.8. The Labute approximate surface area is 363 Å². The number of carbonyl (C=O) groups excluding carboxylic acids is 2. The molecule has 61 heavy (non-hydrogen) atoms. The summed E-state index contributed by atoms with van der Waals surface area (Å²) in [6, 6.07) is 0. The van der Waals surface area contributed by atoms with E-state index in [1.165, 1.54) is 17.1 Å². The average Bonchev–Trinajstić information content (AvgIpc) is 3.55. The Bertz CT molecular complexity index is 1260. The Kier molecular flexibility index (Phi) is 27.1. The van der Waals surface area contributed by atoms with Crippen molar-refractivity contribution in [3.63, 3.8) is 0 Å². The molecule has 3 aliphatic rings. The highest BCUT2D eigenvalue weighted by molar-refractivity contribution is 6.12. The summed E-state index contributed by atoms with van der Waals surface area (Å²) in [5.41, 5.74) is 0. The van der Waals surface area contributed by atoms with Gasteiger partial charge in [-0.2, -0.15) is 0 Å². The fourth-order valence-electron chi connectivity index (χ4n) is 8.41. The largest absolute Gasteiger partial charge is 0.480 e. The number of imide groups is 1. The number of rotatable bonds is 28. The molecular formula is C44H79N5O12. The molecule has 2 saturated heterocycles. The van der Waals surface area contributed by atoms with Crippen LogP contribution in [0.15, 0.2) is 12.2 Å². The van der Waals surface area contributed by atoms with Gasteiger partial charge in [-0.1, -0.05) is 77.0 Å². The van der Waals surface area contributed by atoms with E-state index in [0.717, 1.165) is 155 Å². The van der Waals surface area contributed by atoms with Crippen LogP contribution < -0.4 is 0 Å². The normalized spacial score (nSPS) is 24.7. The quantitative estimate of drug-likeness (QED) is 0.0490. The summed E-state index contributed by atoms with van der Waals surface area (Å²) in [7, 11) is 0. The Morgan fingerprint density at radius 2 is 0.934 bits per heavy atom. The second kappa shape index (κ2) is 31.3. The van der Waals surface area contributed by atoms with Crippen LogP contribution in [-0.2, 0) is 28.7 Å². The first-order valence-electron chi connectivity index (χ1n) is 23.3. The standard InChI is InChI=1S/C44H79N5O12/c50-35-36-41(57)42(58)43(59)44(61-36)60-32-16-12-8-4-3-6-10-14-22-46-24-18-26-47(33-39(53)54)30-28-45(23-17-25-48(31-29-46)34-40(55)56)21-13-9-5-1-2-7-11-15-27-49-37(51)19-20-38(49)52/h19-20,36,41-44,50,57-59H,1-18,21-35H2,(H,53,54)(H,55,56)/t36?,41-,42?,43?,44-/m1/s1. The highest BCUT2D eigenvalue weighted by Crippen LogP contribution is 2.22. The maximum Gasteiger partial charge on any atom is 0.317 e. The van der Waals surface area contributed by atoms with Crippen LogP contribution in [0.25, 0.3) is 0 Å². The molecule has 0 radical (unpaired) electrons. The Morgan fingerprint density at radius 1 is 0.541 bits per heavy atom. The lowest BCUT2D eigenvalue weighted by Crippen LogP contribution is -2.59. The molecule has 0 aliphatic carbocycles. The number of aliphatic carboxylic acids is 2. The molecule has 0 aromatic carbocycles. The minimum atomic E-state index is -1.44. The predicted octanol–water partition coefficient (Wildman–Crippen LogP) is 2.14. The number of amides is 2. The fraction of sp³-hybridized carbons (Fsp3) is 0.864. The summed E-state index contributed by atoms with van der Waals surface area (Å²) in [5.74, 6) is -2.06. The van der Waals surface area contributed by atoms with Crippen LogP contribution in [0.5, 0.6) is 0 Å². The van der Waals surface area contributed by atoms with Crippen molar-refractivity contribution < 1.29 is 59.3 Å². The number of carboxylic acids is 2. The summed E-state index contributed by atoms with van der Waals surface area (Å²) >= 11 is 0. The maximum atomic E-state index is 11.8. The molecule has 352 valence electrons. The smallest absolute Gasteiger partial charge is 0.317 e. The lowest BCUT2D eigenvalue weighted by molar-refractivity contribution is -0.301. The van der Waals surface area contributed by atoms with Crippen molar-refractivity contribution in [3.05, 3.63) is 12.2 Å². The van der Waals surface area contributed by atoms with Crippen LogP contribution in [0.4, 0.5) is 0 Å². The third kappa shape index (κ3) is 22.1. The molecule has 0 saturated carbocycles. The molecule has 2 fully saturated rings. The number of ether oxygens (including phenoxy) is 2. The van der Waals surface area contributed by atoms with E-state index in [1.54, 1.807) is 0 Å². The molecule has 5 atom stereocenters. The Balaban J connectivity index is 1.32. The van der Waals surface area contributed by atoms with Gasteiger partial charge in [0.1, 0.15) is 24.4 Å². The minimum absolute atomic E-state index is 0.0197. The van der Waals surface area contributed by atoms with Crippen molar-refractivity contribution in [1.82, 2.24) is 24.5 Å². The molecule has 17 heteroatoms. The van der Waals surface area contributed by atoms with Gasteiger partial charge in [-0.25, -0.2) is 0 Å². The zero-order valence-electron chi connectivity index (χ0n) is 36.7. The van der Waals surface area contributed by atoms with E-state index in [1.807, 2.05) is 0 Å². The highest BCUT2D eigenvalue weighted by atomic mass is 16.7. The topological polar surface area (TPSA) is 224 Å². The Morgan fingerprint density at radius 3 is 1.38 bits per heavy atom. The van der Waals surface area contributed by atoms with Gasteiger partial charge < -0.3 is 49.9 Å². The lowest BCUT2D eigenvalue weighted by atomic mass is 9.99. The molecule has 0 aromatic heterocycles. The van der Waals surface area contributed by atoms with Gasteiger partial charge in [0.05, 0.1) is 19.7 Å². The summed E-state index contributed by atoms with van der Waals surface area (Å²) in [6.07, 6.45) is 14.9. The van der Waals surface area contributed by atoms with E-state index in [4.69, 9.17) is 9.47 Å². The van der Waals surface area contributed by atoms with E-state index in [9.17, 15) is 49.8 Å². The number of aliphatic hydroxyl groups excluding tert-OH is 4. The predicted molar refractivity (Wildman–Crippen MR) is 230 cm³/mol. The summed E-state index contributed by atoms with van der Waals surface area (Å²) in [6.45, 7) is 8.24. The summed E-state index contributed by atoms with van der Waals surface area (Å²) < 4.78 is 11.0. The lowest BCUT2D eigenvalue weighted by Gasteiger charge is -2.39. The molecule has 0 aromatic rings. The molecule has 3 unspecified atom stereocenters. The molecule has 3 aliphatic heterocycles. The summed E-state index contributed by atoms with van der Waals surface area (Å²) in [5, 5.41) is 58.6. The van der Waals surface area contributed by atoms with Crippen molar-refractivity contribution in [2.75, 3.05) is 98.3 Å². The van der Waals surface area contributed by atoms with Gasteiger partial charge in [-0.3, -0.25) is 33.9 Å². The van der Waals surface area contributed by atoms with Crippen molar-refractivity contribution in [2.45, 2.75) is 146 Å². The van der Waals surface area contributed by atoms with Crippen LogP contribution in [0.3, 0.4) is 0 Å².